The molecule has 2 heteroatoms. The van der Waals surface area contributed by atoms with E-state index in [2.05, 4.69) is 42.8 Å². The van der Waals surface area contributed by atoms with Crippen molar-refractivity contribution in [2.45, 2.75) is 32.7 Å². The number of nitrogens with two attached hydrogens (primary N) is 1. The summed E-state index contributed by atoms with van der Waals surface area (Å²) in [5.74, 6) is 0.473. The summed E-state index contributed by atoms with van der Waals surface area (Å²) in [6, 6.07) is 8.19. The molecule has 2 unspecified atom stereocenters. The third-order valence-corrected chi connectivity index (χ3v) is 3.78. The molecule has 0 aliphatic heterocycles. The summed E-state index contributed by atoms with van der Waals surface area (Å²) in [7, 11) is 0. The molecule has 14 heavy (non-hydrogen) atoms. The third-order valence-electron chi connectivity index (χ3n) is 3.09. The van der Waals surface area contributed by atoms with Gasteiger partial charge in [-0.3, -0.25) is 0 Å². The highest BCUT2D eigenvalue weighted by Crippen LogP contribution is 2.33. The molecule has 2 N–H and O–H groups in total. The van der Waals surface area contributed by atoms with E-state index >= 15 is 0 Å². The van der Waals surface area contributed by atoms with Gasteiger partial charge in [-0.05, 0) is 24.5 Å². The van der Waals surface area contributed by atoms with Crippen LogP contribution in [0.1, 0.15) is 32.8 Å². The van der Waals surface area contributed by atoms with E-state index in [0.29, 0.717) is 5.92 Å². The molecule has 0 aliphatic carbocycles. The monoisotopic (exact) mass is 255 g/mol. The van der Waals surface area contributed by atoms with Crippen molar-refractivity contribution in [1.82, 2.24) is 0 Å². The van der Waals surface area contributed by atoms with Crippen molar-refractivity contribution < 1.29 is 0 Å². The zero-order chi connectivity index (χ0) is 10.8. The van der Waals surface area contributed by atoms with Gasteiger partial charge < -0.3 is 5.73 Å². The molecule has 0 bridgehead atoms. The lowest BCUT2D eigenvalue weighted by molar-refractivity contribution is 0.315. The molecule has 1 nitrogen and oxygen atoms in total. The van der Waals surface area contributed by atoms with Crippen LogP contribution in [0.25, 0.3) is 0 Å². The first-order valence-corrected chi connectivity index (χ1v) is 5.83. The maximum atomic E-state index is 6.36. The molecule has 1 rings (SSSR count). The Hall–Kier alpha value is -0.340. The van der Waals surface area contributed by atoms with Crippen molar-refractivity contribution in [3.8, 4) is 0 Å². The van der Waals surface area contributed by atoms with E-state index in [4.69, 9.17) is 5.73 Å². The highest BCUT2D eigenvalue weighted by molar-refractivity contribution is 9.10. The average Bonchev–Trinajstić information content (AvgIpc) is 2.17. The minimum absolute atomic E-state index is 0.255. The van der Waals surface area contributed by atoms with Crippen LogP contribution in [-0.4, -0.2) is 0 Å². The van der Waals surface area contributed by atoms with Crippen LogP contribution in [0.4, 0.5) is 0 Å². The Kier molecular flexibility index (Phi) is 3.73. The predicted molar refractivity (Wildman–Crippen MR) is 65.1 cm³/mol. The van der Waals surface area contributed by atoms with E-state index in [0.717, 1.165) is 10.9 Å². The Morgan fingerprint density at radius 1 is 1.43 bits per heavy atom. The Morgan fingerprint density at radius 3 is 2.50 bits per heavy atom. The molecule has 0 aliphatic rings. The second-order valence-corrected chi connectivity index (χ2v) is 4.93. The first-order chi connectivity index (χ1) is 6.50. The normalized spacial score (nSPS) is 17.5. The second kappa shape index (κ2) is 4.45. The van der Waals surface area contributed by atoms with Crippen LogP contribution in [-0.2, 0) is 5.54 Å². The number of benzene rings is 1. The van der Waals surface area contributed by atoms with Crippen molar-refractivity contribution in [3.63, 3.8) is 0 Å². The summed E-state index contributed by atoms with van der Waals surface area (Å²) in [5.41, 5.74) is 7.30. The van der Waals surface area contributed by atoms with Gasteiger partial charge in [0.15, 0.2) is 0 Å². The SMILES string of the molecule is CCC(C)C(C)(N)c1ccccc1Br. The summed E-state index contributed by atoms with van der Waals surface area (Å²) in [5, 5.41) is 0. The molecular formula is C12H18BrN. The molecular weight excluding hydrogens is 238 g/mol. The Labute approximate surface area is 94.8 Å². The maximum Gasteiger partial charge on any atom is 0.0418 e. The highest BCUT2D eigenvalue weighted by atomic mass is 79.9. The minimum Gasteiger partial charge on any atom is -0.321 e. The number of hydrogen-bond donors (Lipinski definition) is 1. The van der Waals surface area contributed by atoms with Gasteiger partial charge in [0.1, 0.15) is 0 Å². The van der Waals surface area contributed by atoms with Gasteiger partial charge in [0.2, 0.25) is 0 Å². The van der Waals surface area contributed by atoms with Crippen molar-refractivity contribution >= 4 is 15.9 Å². The Balaban J connectivity index is 3.09. The van der Waals surface area contributed by atoms with Crippen LogP contribution < -0.4 is 5.73 Å². The van der Waals surface area contributed by atoms with Crippen LogP contribution in [0, 0.1) is 5.92 Å². The first kappa shape index (κ1) is 11.7. The molecule has 0 aromatic heterocycles. The summed E-state index contributed by atoms with van der Waals surface area (Å²) >= 11 is 3.55. The van der Waals surface area contributed by atoms with E-state index in [1.54, 1.807) is 0 Å². The van der Waals surface area contributed by atoms with E-state index in [1.807, 2.05) is 18.2 Å². The topological polar surface area (TPSA) is 26.0 Å². The lowest BCUT2D eigenvalue weighted by Crippen LogP contribution is -2.39. The van der Waals surface area contributed by atoms with Crippen LogP contribution >= 0.6 is 15.9 Å². The standard InChI is InChI=1S/C12H18BrN/c1-4-9(2)12(3,14)10-7-5-6-8-11(10)13/h5-9H,4,14H2,1-3H3. The number of rotatable bonds is 3. The number of hydrogen-bond acceptors (Lipinski definition) is 1. The lowest BCUT2D eigenvalue weighted by Gasteiger charge is -2.32. The second-order valence-electron chi connectivity index (χ2n) is 4.07. The van der Waals surface area contributed by atoms with Crippen molar-refractivity contribution in [2.75, 3.05) is 0 Å². The van der Waals surface area contributed by atoms with Gasteiger partial charge in [0.25, 0.3) is 0 Å². The molecule has 0 saturated carbocycles. The van der Waals surface area contributed by atoms with Gasteiger partial charge in [-0.2, -0.15) is 0 Å². The summed E-state index contributed by atoms with van der Waals surface area (Å²) in [6.07, 6.45) is 1.09. The van der Waals surface area contributed by atoms with Gasteiger partial charge in [-0.1, -0.05) is 54.4 Å². The van der Waals surface area contributed by atoms with Gasteiger partial charge >= 0.3 is 0 Å². The van der Waals surface area contributed by atoms with Crippen LogP contribution in [0.2, 0.25) is 0 Å². The summed E-state index contributed by atoms with van der Waals surface area (Å²) < 4.78 is 1.10. The highest BCUT2D eigenvalue weighted by Gasteiger charge is 2.28. The van der Waals surface area contributed by atoms with Crippen LogP contribution in [0.3, 0.4) is 0 Å². The van der Waals surface area contributed by atoms with E-state index < -0.39 is 0 Å². The fourth-order valence-electron chi connectivity index (χ4n) is 1.59. The van der Waals surface area contributed by atoms with E-state index in [1.165, 1.54) is 5.56 Å². The lowest BCUT2D eigenvalue weighted by atomic mass is 9.80. The summed E-state index contributed by atoms with van der Waals surface area (Å²) in [6.45, 7) is 6.47. The Morgan fingerprint density at radius 2 is 2.00 bits per heavy atom. The molecule has 78 valence electrons. The fraction of sp³-hybridized carbons (Fsp3) is 0.500. The summed E-state index contributed by atoms with van der Waals surface area (Å²) in [4.78, 5) is 0. The van der Waals surface area contributed by atoms with E-state index in [9.17, 15) is 0 Å². The van der Waals surface area contributed by atoms with Crippen molar-refractivity contribution in [3.05, 3.63) is 34.3 Å². The molecule has 2 atom stereocenters. The maximum absolute atomic E-state index is 6.36. The minimum atomic E-state index is -0.255. The Bertz CT molecular complexity index is 307. The first-order valence-electron chi connectivity index (χ1n) is 5.04. The van der Waals surface area contributed by atoms with Crippen molar-refractivity contribution in [1.29, 1.82) is 0 Å². The molecule has 0 radical (unpaired) electrons. The third kappa shape index (κ3) is 2.18. The zero-order valence-electron chi connectivity index (χ0n) is 9.05. The molecule has 0 amide bonds. The van der Waals surface area contributed by atoms with E-state index in [-0.39, 0.29) is 5.54 Å². The van der Waals surface area contributed by atoms with Crippen molar-refractivity contribution in [2.24, 2.45) is 11.7 Å². The molecule has 0 spiro atoms. The molecule has 0 saturated heterocycles. The predicted octanol–water partition coefficient (Wildman–Crippen LogP) is 3.67. The van der Waals surface area contributed by atoms with Crippen LogP contribution in [0.5, 0.6) is 0 Å². The van der Waals surface area contributed by atoms with Crippen LogP contribution in [0.15, 0.2) is 28.7 Å². The smallest absolute Gasteiger partial charge is 0.0418 e. The molecule has 1 aromatic rings. The average molecular weight is 256 g/mol. The van der Waals surface area contributed by atoms with Gasteiger partial charge in [0.05, 0.1) is 0 Å². The quantitative estimate of drug-likeness (QED) is 0.877. The van der Waals surface area contributed by atoms with Gasteiger partial charge in [0, 0.05) is 10.0 Å². The van der Waals surface area contributed by atoms with Gasteiger partial charge in [-0.15, -0.1) is 0 Å². The molecule has 0 fully saturated rings. The molecule has 0 heterocycles. The molecule has 1 aromatic carbocycles. The fourth-order valence-corrected chi connectivity index (χ4v) is 2.30. The zero-order valence-corrected chi connectivity index (χ0v) is 10.6. The number of halogens is 1. The van der Waals surface area contributed by atoms with Gasteiger partial charge in [-0.25, -0.2) is 0 Å². The largest absolute Gasteiger partial charge is 0.321 e.